The maximum atomic E-state index is 8.57. The molecule has 1 saturated heterocycles. The minimum absolute atomic E-state index is 0. The van der Waals surface area contributed by atoms with Gasteiger partial charge >= 0.3 is 0 Å². The predicted octanol–water partition coefficient (Wildman–Crippen LogP) is 1.34. The Morgan fingerprint density at radius 2 is 1.87 bits per heavy atom. The second kappa shape index (κ2) is 6.10. The predicted molar refractivity (Wildman–Crippen MR) is 52.8 cm³/mol. The fraction of sp³-hybridized carbons (Fsp3) is 0.500. The van der Waals surface area contributed by atoms with E-state index >= 15 is 0 Å². The molecule has 1 aliphatic rings. The molecule has 15 heavy (non-hydrogen) atoms. The molecule has 0 amide bonds. The largest absolute Gasteiger partial charge is 0.355 e. The average Bonchev–Trinajstić information content (AvgIpc) is 2.30. The van der Waals surface area contributed by atoms with Crippen molar-refractivity contribution in [3.05, 3.63) is 18.1 Å². The first kappa shape index (κ1) is 12.5. The summed E-state index contributed by atoms with van der Waals surface area (Å²) in [6, 6.07) is 1.96. The van der Waals surface area contributed by atoms with Crippen molar-refractivity contribution in [2.24, 2.45) is 0 Å². The van der Waals surface area contributed by atoms with E-state index in [9.17, 15) is 0 Å². The van der Waals surface area contributed by atoms with E-state index in [1.54, 1.807) is 6.20 Å². The molecule has 1 aliphatic heterocycles. The van der Waals surface area contributed by atoms with Crippen molar-refractivity contribution in [2.45, 2.75) is 19.3 Å². The van der Waals surface area contributed by atoms with E-state index < -0.39 is 0 Å². The molecule has 1 aromatic heterocycles. The SMILES string of the molecule is N#Cc1cnc(N2CCCCC2)cn1.[U]. The molecule has 2 heterocycles. The standard InChI is InChI=1S/C10H12N4.U/c11-6-9-7-13-10(8-12-9)14-4-2-1-3-5-14;/h7-8H,1-5H2;. The Labute approximate surface area is 113 Å². The molecular weight excluding hydrogens is 414 g/mol. The average molecular weight is 426 g/mol. The van der Waals surface area contributed by atoms with Crippen LogP contribution in [-0.2, 0) is 0 Å². The van der Waals surface area contributed by atoms with Crippen molar-refractivity contribution >= 4 is 5.82 Å². The van der Waals surface area contributed by atoms with E-state index in [0.29, 0.717) is 5.69 Å². The third-order valence-corrected chi connectivity index (χ3v) is 2.43. The van der Waals surface area contributed by atoms with E-state index in [0.717, 1.165) is 18.9 Å². The van der Waals surface area contributed by atoms with Crippen LogP contribution < -0.4 is 4.90 Å². The van der Waals surface area contributed by atoms with E-state index in [1.807, 2.05) is 6.07 Å². The topological polar surface area (TPSA) is 52.8 Å². The van der Waals surface area contributed by atoms with Crippen LogP contribution in [-0.4, -0.2) is 23.1 Å². The molecule has 2 rings (SSSR count). The van der Waals surface area contributed by atoms with Crippen LogP contribution in [0.3, 0.4) is 0 Å². The molecule has 0 atom stereocenters. The molecule has 0 saturated carbocycles. The minimum Gasteiger partial charge on any atom is -0.355 e. The summed E-state index contributed by atoms with van der Waals surface area (Å²) in [6.45, 7) is 2.11. The fourth-order valence-electron chi connectivity index (χ4n) is 1.67. The van der Waals surface area contributed by atoms with Gasteiger partial charge in [0.1, 0.15) is 11.9 Å². The van der Waals surface area contributed by atoms with Crippen molar-refractivity contribution in [3.8, 4) is 6.07 Å². The number of aromatic nitrogens is 2. The Morgan fingerprint density at radius 3 is 2.40 bits per heavy atom. The minimum atomic E-state index is 0. The third-order valence-electron chi connectivity index (χ3n) is 2.43. The van der Waals surface area contributed by atoms with Crippen LogP contribution in [0.1, 0.15) is 25.0 Å². The molecule has 4 nitrogen and oxygen atoms in total. The molecule has 0 spiro atoms. The van der Waals surface area contributed by atoms with Gasteiger partial charge in [0, 0.05) is 44.2 Å². The maximum absolute atomic E-state index is 8.57. The van der Waals surface area contributed by atoms with Gasteiger partial charge in [-0.25, -0.2) is 9.97 Å². The van der Waals surface area contributed by atoms with Gasteiger partial charge in [-0.1, -0.05) is 0 Å². The summed E-state index contributed by atoms with van der Waals surface area (Å²) in [7, 11) is 0. The Kier molecular flexibility index (Phi) is 5.08. The van der Waals surface area contributed by atoms with Gasteiger partial charge in [-0.3, -0.25) is 0 Å². The van der Waals surface area contributed by atoms with Gasteiger partial charge in [-0.2, -0.15) is 5.26 Å². The molecule has 76 valence electrons. The van der Waals surface area contributed by atoms with Crippen LogP contribution >= 0.6 is 0 Å². The van der Waals surface area contributed by atoms with Crippen molar-refractivity contribution in [1.82, 2.24) is 9.97 Å². The van der Waals surface area contributed by atoms with Crippen LogP contribution in [0.15, 0.2) is 12.4 Å². The molecule has 0 unspecified atom stereocenters. The van der Waals surface area contributed by atoms with Crippen LogP contribution in [0.4, 0.5) is 5.82 Å². The molecule has 1 aromatic rings. The van der Waals surface area contributed by atoms with Gasteiger partial charge in [-0.05, 0) is 19.3 Å². The monoisotopic (exact) mass is 426 g/mol. The van der Waals surface area contributed by atoms with Gasteiger partial charge in [0.25, 0.3) is 0 Å². The molecule has 0 aliphatic carbocycles. The number of nitriles is 1. The number of hydrogen-bond acceptors (Lipinski definition) is 4. The Morgan fingerprint density at radius 1 is 1.13 bits per heavy atom. The van der Waals surface area contributed by atoms with Crippen molar-refractivity contribution in [3.63, 3.8) is 0 Å². The molecule has 1 fully saturated rings. The molecular formula is C10H12N4U. The number of rotatable bonds is 1. The number of hydrogen-bond donors (Lipinski definition) is 0. The smallest absolute Gasteiger partial charge is 0.158 e. The second-order valence-corrected chi connectivity index (χ2v) is 3.42. The second-order valence-electron chi connectivity index (χ2n) is 3.42. The summed E-state index contributed by atoms with van der Waals surface area (Å²) in [5.74, 6) is 0.892. The number of anilines is 1. The van der Waals surface area contributed by atoms with Gasteiger partial charge in [0.05, 0.1) is 12.4 Å². The Balaban J connectivity index is 0.00000112. The van der Waals surface area contributed by atoms with Crippen LogP contribution in [0, 0.1) is 42.4 Å². The Hall–Kier alpha value is -0.578. The van der Waals surface area contributed by atoms with Crippen molar-refractivity contribution in [1.29, 1.82) is 5.26 Å². The van der Waals surface area contributed by atoms with Crippen LogP contribution in [0.2, 0.25) is 0 Å². The normalized spacial score (nSPS) is 15.3. The number of nitrogens with zero attached hydrogens (tertiary/aromatic N) is 4. The van der Waals surface area contributed by atoms with E-state index in [4.69, 9.17) is 5.26 Å². The first-order valence-corrected chi connectivity index (χ1v) is 4.87. The summed E-state index contributed by atoms with van der Waals surface area (Å²) in [4.78, 5) is 10.4. The summed E-state index contributed by atoms with van der Waals surface area (Å²) in [5, 5.41) is 8.57. The summed E-state index contributed by atoms with van der Waals surface area (Å²) >= 11 is 0. The third kappa shape index (κ3) is 3.19. The molecule has 0 radical (unpaired) electrons. The van der Waals surface area contributed by atoms with Crippen molar-refractivity contribution < 1.29 is 31.1 Å². The van der Waals surface area contributed by atoms with Gasteiger partial charge in [-0.15, -0.1) is 0 Å². The Bertz CT molecular complexity index is 337. The van der Waals surface area contributed by atoms with Crippen molar-refractivity contribution in [2.75, 3.05) is 18.0 Å². The molecule has 0 N–H and O–H groups in total. The first-order valence-electron chi connectivity index (χ1n) is 4.87. The van der Waals surface area contributed by atoms with Gasteiger partial charge < -0.3 is 4.90 Å². The zero-order chi connectivity index (χ0) is 9.80. The summed E-state index contributed by atoms with van der Waals surface area (Å²) < 4.78 is 0. The molecule has 0 bridgehead atoms. The molecule has 5 heteroatoms. The zero-order valence-corrected chi connectivity index (χ0v) is 12.6. The number of piperidine rings is 1. The first-order chi connectivity index (χ1) is 6.90. The zero-order valence-electron chi connectivity index (χ0n) is 8.48. The quantitative estimate of drug-likeness (QED) is 0.681. The fourth-order valence-corrected chi connectivity index (χ4v) is 1.67. The maximum Gasteiger partial charge on any atom is 0.158 e. The van der Waals surface area contributed by atoms with Crippen LogP contribution in [0.25, 0.3) is 0 Å². The van der Waals surface area contributed by atoms with Gasteiger partial charge in [0.15, 0.2) is 5.69 Å². The van der Waals surface area contributed by atoms with E-state index in [2.05, 4.69) is 14.9 Å². The summed E-state index contributed by atoms with van der Waals surface area (Å²) in [6.07, 6.45) is 6.97. The van der Waals surface area contributed by atoms with Crippen LogP contribution in [0.5, 0.6) is 0 Å². The van der Waals surface area contributed by atoms with E-state index in [-0.39, 0.29) is 31.1 Å². The molecule has 0 aromatic carbocycles. The van der Waals surface area contributed by atoms with Gasteiger partial charge in [0.2, 0.25) is 0 Å². The van der Waals surface area contributed by atoms with E-state index in [1.165, 1.54) is 25.5 Å². The summed E-state index contributed by atoms with van der Waals surface area (Å²) in [5.41, 5.74) is 0.380.